The monoisotopic (exact) mass is 284 g/mol. The molecule has 0 unspecified atom stereocenters. The van der Waals surface area contributed by atoms with Crippen LogP contribution in [0.4, 0.5) is 0 Å². The Kier molecular flexibility index (Phi) is 7.93. The molecule has 0 heterocycles. The van der Waals surface area contributed by atoms with E-state index in [9.17, 15) is 0 Å². The Labute approximate surface area is 117 Å². The standard InChI is InChI=1S/C14H24O4Si/c1-15-19(16-2,17-3)12-8-7-11-18-13-14-9-5-4-6-10-14/h4-6,9-10H,7-8,11-13H2,1-3H3. The SMILES string of the molecule is CO[Si](CCCCOCc1ccccc1)(OC)OC. The van der Waals surface area contributed by atoms with Crippen molar-refractivity contribution >= 4 is 8.80 Å². The first-order chi connectivity index (χ1) is 9.26. The van der Waals surface area contributed by atoms with Gasteiger partial charge in [0.05, 0.1) is 6.61 Å². The molecule has 0 aliphatic rings. The van der Waals surface area contributed by atoms with E-state index in [4.69, 9.17) is 18.0 Å². The van der Waals surface area contributed by atoms with Crippen LogP contribution in [0.15, 0.2) is 30.3 Å². The first kappa shape index (κ1) is 16.3. The summed E-state index contributed by atoms with van der Waals surface area (Å²) in [5.74, 6) is 0. The van der Waals surface area contributed by atoms with Crippen LogP contribution in [0.3, 0.4) is 0 Å². The molecule has 0 aromatic heterocycles. The molecule has 0 fully saturated rings. The predicted molar refractivity (Wildman–Crippen MR) is 76.9 cm³/mol. The molecule has 0 amide bonds. The van der Waals surface area contributed by atoms with Gasteiger partial charge >= 0.3 is 8.80 Å². The molecular weight excluding hydrogens is 260 g/mol. The summed E-state index contributed by atoms with van der Waals surface area (Å²) in [6, 6.07) is 11.0. The largest absolute Gasteiger partial charge is 0.500 e. The third-order valence-electron chi connectivity index (χ3n) is 3.07. The lowest BCUT2D eigenvalue weighted by Gasteiger charge is -2.24. The first-order valence-electron chi connectivity index (χ1n) is 6.53. The molecule has 0 radical (unpaired) electrons. The van der Waals surface area contributed by atoms with Crippen LogP contribution in [0.2, 0.25) is 6.04 Å². The van der Waals surface area contributed by atoms with Gasteiger partial charge in [0, 0.05) is 34.0 Å². The average Bonchev–Trinajstić information content (AvgIpc) is 2.48. The molecule has 19 heavy (non-hydrogen) atoms. The maximum Gasteiger partial charge on any atom is 0.500 e. The molecule has 0 bridgehead atoms. The minimum Gasteiger partial charge on any atom is -0.377 e. The number of benzene rings is 1. The number of unbranched alkanes of at least 4 members (excludes halogenated alkanes) is 1. The molecule has 0 atom stereocenters. The Hall–Kier alpha value is -0.723. The van der Waals surface area contributed by atoms with Gasteiger partial charge < -0.3 is 18.0 Å². The van der Waals surface area contributed by atoms with Gasteiger partial charge in [0.2, 0.25) is 0 Å². The molecule has 4 nitrogen and oxygen atoms in total. The third-order valence-corrected chi connectivity index (χ3v) is 5.90. The molecule has 0 saturated heterocycles. The van der Waals surface area contributed by atoms with Crippen LogP contribution in [0.5, 0.6) is 0 Å². The lowest BCUT2D eigenvalue weighted by molar-refractivity contribution is 0.109. The van der Waals surface area contributed by atoms with Crippen LogP contribution in [0.25, 0.3) is 0 Å². The Morgan fingerprint density at radius 1 is 0.895 bits per heavy atom. The second-order valence-corrected chi connectivity index (χ2v) is 7.38. The summed E-state index contributed by atoms with van der Waals surface area (Å²) in [6.45, 7) is 1.42. The molecule has 0 aliphatic heterocycles. The van der Waals surface area contributed by atoms with Crippen LogP contribution in [0.1, 0.15) is 18.4 Å². The number of hydrogen-bond acceptors (Lipinski definition) is 4. The molecule has 1 aromatic carbocycles. The fraction of sp³-hybridized carbons (Fsp3) is 0.571. The maximum absolute atomic E-state index is 5.63. The van der Waals surface area contributed by atoms with Crippen molar-refractivity contribution in [3.63, 3.8) is 0 Å². The van der Waals surface area contributed by atoms with Gasteiger partial charge in [-0.3, -0.25) is 0 Å². The second kappa shape index (κ2) is 9.22. The molecule has 5 heteroatoms. The summed E-state index contributed by atoms with van der Waals surface area (Å²) in [5.41, 5.74) is 1.21. The molecule has 1 rings (SSSR count). The third kappa shape index (κ3) is 5.84. The van der Waals surface area contributed by atoms with Crippen LogP contribution in [-0.2, 0) is 24.6 Å². The molecular formula is C14H24O4Si. The number of ether oxygens (including phenoxy) is 1. The van der Waals surface area contributed by atoms with E-state index in [-0.39, 0.29) is 0 Å². The topological polar surface area (TPSA) is 36.9 Å². The highest BCUT2D eigenvalue weighted by atomic mass is 28.4. The number of rotatable bonds is 10. The Morgan fingerprint density at radius 3 is 2.11 bits per heavy atom. The van der Waals surface area contributed by atoms with Gasteiger partial charge in [0.15, 0.2) is 0 Å². The Morgan fingerprint density at radius 2 is 1.53 bits per heavy atom. The van der Waals surface area contributed by atoms with Crippen molar-refractivity contribution in [2.24, 2.45) is 0 Å². The van der Waals surface area contributed by atoms with Crippen molar-refractivity contribution in [2.75, 3.05) is 27.9 Å². The lowest BCUT2D eigenvalue weighted by atomic mass is 10.2. The molecule has 0 aliphatic carbocycles. The second-order valence-electron chi connectivity index (χ2n) is 4.29. The summed E-state index contributed by atoms with van der Waals surface area (Å²) in [4.78, 5) is 0. The van der Waals surface area contributed by atoms with E-state index in [2.05, 4.69) is 12.1 Å². The molecule has 1 aromatic rings. The lowest BCUT2D eigenvalue weighted by Crippen LogP contribution is -2.42. The Balaban J connectivity index is 2.11. The molecule has 0 saturated carbocycles. The van der Waals surface area contributed by atoms with E-state index >= 15 is 0 Å². The highest BCUT2D eigenvalue weighted by molar-refractivity contribution is 6.60. The average molecular weight is 284 g/mol. The minimum absolute atomic E-state index is 0.669. The first-order valence-corrected chi connectivity index (χ1v) is 8.46. The van der Waals surface area contributed by atoms with Crippen molar-refractivity contribution in [3.8, 4) is 0 Å². The zero-order valence-electron chi connectivity index (χ0n) is 12.1. The fourth-order valence-corrected chi connectivity index (χ4v) is 3.66. The smallest absolute Gasteiger partial charge is 0.377 e. The van der Waals surface area contributed by atoms with Crippen molar-refractivity contribution in [2.45, 2.75) is 25.5 Å². The minimum atomic E-state index is -2.40. The van der Waals surface area contributed by atoms with E-state index in [1.807, 2.05) is 18.2 Å². The van der Waals surface area contributed by atoms with Crippen molar-refractivity contribution in [1.29, 1.82) is 0 Å². The predicted octanol–water partition coefficient (Wildman–Crippen LogP) is 2.86. The van der Waals surface area contributed by atoms with Crippen LogP contribution < -0.4 is 0 Å². The van der Waals surface area contributed by atoms with Crippen molar-refractivity contribution < 1.29 is 18.0 Å². The van der Waals surface area contributed by atoms with Gasteiger partial charge in [-0.25, -0.2) is 0 Å². The van der Waals surface area contributed by atoms with Gasteiger partial charge in [-0.05, 0) is 18.4 Å². The highest BCUT2D eigenvalue weighted by Gasteiger charge is 2.36. The zero-order chi connectivity index (χ0) is 14.0. The highest BCUT2D eigenvalue weighted by Crippen LogP contribution is 2.16. The zero-order valence-corrected chi connectivity index (χ0v) is 13.1. The normalized spacial score (nSPS) is 11.7. The fourth-order valence-electron chi connectivity index (χ4n) is 1.87. The number of hydrogen-bond donors (Lipinski definition) is 0. The van der Waals surface area contributed by atoms with Gasteiger partial charge in [-0.15, -0.1) is 0 Å². The van der Waals surface area contributed by atoms with Crippen molar-refractivity contribution in [3.05, 3.63) is 35.9 Å². The maximum atomic E-state index is 5.63. The van der Waals surface area contributed by atoms with Gasteiger partial charge in [0.1, 0.15) is 0 Å². The summed E-state index contributed by atoms with van der Waals surface area (Å²) >= 11 is 0. The molecule has 0 N–H and O–H groups in total. The summed E-state index contributed by atoms with van der Waals surface area (Å²) in [7, 11) is 2.53. The summed E-state index contributed by atoms with van der Waals surface area (Å²) in [6.07, 6.45) is 1.97. The summed E-state index contributed by atoms with van der Waals surface area (Å²) in [5, 5.41) is 0. The van der Waals surface area contributed by atoms with Crippen LogP contribution in [-0.4, -0.2) is 36.7 Å². The van der Waals surface area contributed by atoms with Crippen LogP contribution >= 0.6 is 0 Å². The van der Waals surface area contributed by atoms with E-state index < -0.39 is 8.80 Å². The van der Waals surface area contributed by atoms with Gasteiger partial charge in [-0.2, -0.15) is 0 Å². The van der Waals surface area contributed by atoms with E-state index in [0.29, 0.717) is 6.61 Å². The quantitative estimate of drug-likeness (QED) is 0.489. The van der Waals surface area contributed by atoms with Gasteiger partial charge in [-0.1, -0.05) is 30.3 Å². The van der Waals surface area contributed by atoms with Gasteiger partial charge in [0.25, 0.3) is 0 Å². The molecule has 0 spiro atoms. The van der Waals surface area contributed by atoms with E-state index in [1.165, 1.54) is 5.56 Å². The summed E-state index contributed by atoms with van der Waals surface area (Å²) < 4.78 is 21.7. The van der Waals surface area contributed by atoms with Crippen molar-refractivity contribution in [1.82, 2.24) is 0 Å². The van der Waals surface area contributed by atoms with Crippen LogP contribution in [0, 0.1) is 0 Å². The van der Waals surface area contributed by atoms with E-state index in [1.54, 1.807) is 21.3 Å². The Bertz CT molecular complexity index is 319. The van der Waals surface area contributed by atoms with E-state index in [0.717, 1.165) is 25.5 Å². The molecule has 108 valence electrons.